The molecule has 0 amide bonds. The zero-order valence-corrected chi connectivity index (χ0v) is 11.9. The smallest absolute Gasteiger partial charge is 1.00 e. The van der Waals surface area contributed by atoms with Gasteiger partial charge in [-0.25, -0.2) is 9.59 Å². The minimum atomic E-state index is -1.13. The normalized spacial score (nSPS) is 7.38. The van der Waals surface area contributed by atoms with Gasteiger partial charge in [0, 0.05) is 0 Å². The first-order valence-corrected chi connectivity index (χ1v) is 4.52. The summed E-state index contributed by atoms with van der Waals surface area (Å²) in [5.41, 5.74) is -0.0372. The minimum absolute atomic E-state index is 0. The van der Waals surface area contributed by atoms with Crippen molar-refractivity contribution in [3.63, 3.8) is 0 Å². The number of hydrogen-bond acceptors (Lipinski definition) is 3. The van der Waals surface area contributed by atoms with E-state index in [1.54, 1.807) is 6.26 Å². The Bertz CT molecular complexity index is 319. The van der Waals surface area contributed by atoms with Crippen molar-refractivity contribution < 1.29 is 56.3 Å². The minimum Gasteiger partial charge on any atom is -1.00 e. The van der Waals surface area contributed by atoms with Gasteiger partial charge in [0.15, 0.2) is 0 Å². The molecule has 0 heterocycles. The molecule has 0 aliphatic heterocycles. The molecular weight excluding hydrogens is 243 g/mol. The molecule has 0 aromatic heterocycles. The Morgan fingerprint density at radius 1 is 1.12 bits per heavy atom. The molecule has 1 rings (SSSR count). The number of rotatable bonds is 2. The summed E-state index contributed by atoms with van der Waals surface area (Å²) < 4.78 is 0. The molecule has 0 radical (unpaired) electrons. The topological polar surface area (TPSA) is 106 Å². The van der Waals surface area contributed by atoms with E-state index in [2.05, 4.69) is 12.6 Å². The first-order valence-electron chi connectivity index (χ1n) is 3.62. The molecule has 16 heavy (non-hydrogen) atoms. The molecule has 4 N–H and O–H groups in total. The van der Waals surface area contributed by atoms with E-state index in [1.165, 1.54) is 18.2 Å². The van der Waals surface area contributed by atoms with Crippen LogP contribution in [-0.2, 0) is 0 Å². The molecule has 1 aromatic carbocycles. The predicted octanol–water partition coefficient (Wildman–Crippen LogP) is -2.08. The van der Waals surface area contributed by atoms with Crippen LogP contribution in [0.2, 0.25) is 0 Å². The summed E-state index contributed by atoms with van der Waals surface area (Å²) in [4.78, 5) is 20.8. The maximum absolute atomic E-state index is 10.4. The van der Waals surface area contributed by atoms with Gasteiger partial charge >= 0.3 is 41.5 Å². The number of carboxylic acid groups (broad SMARTS) is 2. The molecule has 1 aromatic rings. The Balaban J connectivity index is -0.000000160. The fourth-order valence-electron chi connectivity index (χ4n) is 0.785. The van der Waals surface area contributed by atoms with Gasteiger partial charge in [0.25, 0.3) is 0 Å². The molecule has 0 fully saturated rings. The van der Waals surface area contributed by atoms with Crippen LogP contribution in [-0.4, -0.2) is 33.9 Å². The van der Waals surface area contributed by atoms with Crippen LogP contribution in [0.4, 0.5) is 0 Å². The van der Waals surface area contributed by atoms with E-state index in [1.807, 2.05) is 0 Å². The summed E-state index contributed by atoms with van der Waals surface area (Å²) in [5.74, 6) is -2.25. The van der Waals surface area contributed by atoms with E-state index >= 15 is 0 Å². The summed E-state index contributed by atoms with van der Waals surface area (Å²) >= 11 is 3.53. The van der Waals surface area contributed by atoms with Crippen molar-refractivity contribution in [2.45, 2.75) is 0 Å². The average Bonchev–Trinajstić information content (AvgIpc) is 2.21. The van der Waals surface area contributed by atoms with E-state index in [-0.39, 0.29) is 47.6 Å². The standard InChI is InChI=1S/C8H6O4.CH4S.Na.H2O.H/c9-7(10)5-2-1-3-6(4-5)8(11)12;1-2;;;/h1-4H,(H,9,10)(H,11,12);2H,1H3;;1H2;/q;;+1;;-1. The van der Waals surface area contributed by atoms with Gasteiger partial charge in [-0.15, -0.1) is 0 Å². The Hall–Kier alpha value is -0.530. The van der Waals surface area contributed by atoms with Crippen molar-refractivity contribution in [2.24, 2.45) is 0 Å². The van der Waals surface area contributed by atoms with Gasteiger partial charge in [-0.1, -0.05) is 6.07 Å². The summed E-state index contributed by atoms with van der Waals surface area (Å²) in [6, 6.07) is 5.20. The zero-order chi connectivity index (χ0) is 11.1. The molecule has 0 saturated heterocycles. The SMILES string of the molecule is CS.O.O=C(O)c1cccc(C(=O)O)c1.[H-].[Na+]. The molecule has 0 atom stereocenters. The molecule has 0 saturated carbocycles. The molecule has 0 spiro atoms. The van der Waals surface area contributed by atoms with Crippen LogP contribution >= 0.6 is 12.6 Å². The van der Waals surface area contributed by atoms with E-state index in [0.717, 1.165) is 6.07 Å². The number of carbonyl (C=O) groups is 2. The second-order valence-corrected chi connectivity index (χ2v) is 2.19. The fourth-order valence-corrected chi connectivity index (χ4v) is 0.785. The molecule has 0 unspecified atom stereocenters. The third kappa shape index (κ3) is 6.86. The first-order chi connectivity index (χ1) is 6.61. The van der Waals surface area contributed by atoms with Crippen molar-refractivity contribution in [1.82, 2.24) is 0 Å². The van der Waals surface area contributed by atoms with Gasteiger partial charge in [-0.2, -0.15) is 12.6 Å². The van der Waals surface area contributed by atoms with E-state index in [0.29, 0.717) is 0 Å². The molecule has 0 bridgehead atoms. The van der Waals surface area contributed by atoms with Crippen LogP contribution in [0.25, 0.3) is 0 Å². The van der Waals surface area contributed by atoms with Crippen molar-refractivity contribution in [3.8, 4) is 0 Å². The molecule has 86 valence electrons. The third-order valence-electron chi connectivity index (χ3n) is 1.36. The zero-order valence-electron chi connectivity index (χ0n) is 9.97. The Kier molecular flexibility index (Phi) is 14.3. The van der Waals surface area contributed by atoms with Crippen LogP contribution in [0.1, 0.15) is 22.1 Å². The van der Waals surface area contributed by atoms with E-state index in [9.17, 15) is 9.59 Å². The molecule has 0 aliphatic rings. The average molecular weight is 256 g/mol. The van der Waals surface area contributed by atoms with Crippen molar-refractivity contribution in [2.75, 3.05) is 6.26 Å². The summed E-state index contributed by atoms with van der Waals surface area (Å²) in [5, 5.41) is 17.0. The number of thiol groups is 1. The van der Waals surface area contributed by atoms with Gasteiger partial charge in [0.05, 0.1) is 11.1 Å². The van der Waals surface area contributed by atoms with Gasteiger partial charge in [0.2, 0.25) is 0 Å². The van der Waals surface area contributed by atoms with Crippen LogP contribution in [0.5, 0.6) is 0 Å². The van der Waals surface area contributed by atoms with Gasteiger partial charge in [-0.3, -0.25) is 0 Å². The second-order valence-electron chi connectivity index (χ2n) is 2.19. The Labute approximate surface area is 122 Å². The summed E-state index contributed by atoms with van der Waals surface area (Å²) in [6.45, 7) is 0. The maximum Gasteiger partial charge on any atom is 1.00 e. The Morgan fingerprint density at radius 2 is 1.44 bits per heavy atom. The van der Waals surface area contributed by atoms with Crippen LogP contribution in [0.15, 0.2) is 24.3 Å². The number of benzene rings is 1. The number of carboxylic acids is 2. The predicted molar refractivity (Wildman–Crippen MR) is 60.0 cm³/mol. The molecule has 5 nitrogen and oxygen atoms in total. The van der Waals surface area contributed by atoms with Crippen molar-refractivity contribution in [1.29, 1.82) is 0 Å². The molecule has 7 heteroatoms. The third-order valence-corrected chi connectivity index (χ3v) is 1.36. The largest absolute Gasteiger partial charge is 1.00 e. The van der Waals surface area contributed by atoms with Crippen molar-refractivity contribution >= 4 is 24.6 Å². The summed E-state index contributed by atoms with van der Waals surface area (Å²) in [7, 11) is 0. The second kappa shape index (κ2) is 11.0. The first kappa shape index (κ1) is 20.8. The number of hydrogen-bond donors (Lipinski definition) is 3. The van der Waals surface area contributed by atoms with Gasteiger partial charge < -0.3 is 17.1 Å². The van der Waals surface area contributed by atoms with Crippen molar-refractivity contribution in [3.05, 3.63) is 35.4 Å². The van der Waals surface area contributed by atoms with Gasteiger partial charge in [0.1, 0.15) is 0 Å². The molecule has 0 aliphatic carbocycles. The van der Waals surface area contributed by atoms with Crippen LogP contribution in [0, 0.1) is 0 Å². The Morgan fingerprint density at radius 3 is 1.69 bits per heavy atom. The quantitative estimate of drug-likeness (QED) is 0.417. The van der Waals surface area contributed by atoms with E-state index < -0.39 is 11.9 Å². The number of aromatic carboxylic acids is 2. The van der Waals surface area contributed by atoms with E-state index in [4.69, 9.17) is 10.2 Å². The maximum atomic E-state index is 10.4. The van der Waals surface area contributed by atoms with Crippen LogP contribution in [0.3, 0.4) is 0 Å². The molecular formula is C9H13NaO5S. The van der Waals surface area contributed by atoms with Crippen LogP contribution < -0.4 is 29.6 Å². The van der Waals surface area contributed by atoms with Gasteiger partial charge in [-0.05, 0) is 24.5 Å². The summed E-state index contributed by atoms with van der Waals surface area (Å²) in [6.07, 6.45) is 1.69. The fraction of sp³-hybridized carbons (Fsp3) is 0.111. The monoisotopic (exact) mass is 256 g/mol.